The molecule has 6 heteroatoms. The van der Waals surface area contributed by atoms with E-state index in [2.05, 4.69) is 0 Å². The van der Waals surface area contributed by atoms with Crippen molar-refractivity contribution in [1.29, 1.82) is 0 Å². The highest BCUT2D eigenvalue weighted by atomic mass is 35.5. The standard InChI is InChI=1S/C10H8ClNO3S/c11-7-3-1-2-6-9(16(13,14)15)5-4-8(12)10(6)7/h1-5H,12H2,(H,13,14,15). The summed E-state index contributed by atoms with van der Waals surface area (Å²) in [5.41, 5.74) is 6.08. The van der Waals surface area contributed by atoms with E-state index in [0.717, 1.165) is 0 Å². The Morgan fingerprint density at radius 3 is 2.50 bits per heavy atom. The minimum atomic E-state index is -4.28. The van der Waals surface area contributed by atoms with Gasteiger partial charge in [-0.25, -0.2) is 0 Å². The van der Waals surface area contributed by atoms with Crippen LogP contribution < -0.4 is 5.73 Å². The molecule has 0 amide bonds. The molecule has 3 N–H and O–H groups in total. The minimum absolute atomic E-state index is 0.195. The first-order valence-corrected chi connectivity index (χ1v) is 6.17. The fourth-order valence-corrected chi connectivity index (χ4v) is 2.56. The van der Waals surface area contributed by atoms with E-state index in [1.807, 2.05) is 0 Å². The Hall–Kier alpha value is -1.30. The van der Waals surface area contributed by atoms with Gasteiger partial charge in [-0.2, -0.15) is 8.42 Å². The lowest BCUT2D eigenvalue weighted by Crippen LogP contribution is -2.00. The molecule has 0 unspecified atom stereocenters. The predicted molar refractivity (Wildman–Crippen MR) is 63.2 cm³/mol. The first-order chi connectivity index (χ1) is 7.41. The van der Waals surface area contributed by atoms with E-state index < -0.39 is 10.1 Å². The number of halogens is 1. The molecule has 0 heterocycles. The quantitative estimate of drug-likeness (QED) is 0.607. The molecule has 16 heavy (non-hydrogen) atoms. The highest BCUT2D eigenvalue weighted by Gasteiger charge is 2.16. The monoisotopic (exact) mass is 257 g/mol. The summed E-state index contributed by atoms with van der Waals surface area (Å²) in [6.07, 6.45) is 0. The van der Waals surface area contributed by atoms with Gasteiger partial charge in [0, 0.05) is 16.5 Å². The molecule has 2 aromatic carbocycles. The SMILES string of the molecule is Nc1ccc(S(=O)(=O)O)c2cccc(Cl)c12. The molecular formula is C10H8ClNO3S. The lowest BCUT2D eigenvalue weighted by molar-refractivity contribution is 0.484. The fourth-order valence-electron chi connectivity index (χ4n) is 1.59. The zero-order valence-corrected chi connectivity index (χ0v) is 9.59. The van der Waals surface area contributed by atoms with Crippen LogP contribution in [0.1, 0.15) is 0 Å². The van der Waals surface area contributed by atoms with Crippen LogP contribution in [0.15, 0.2) is 35.2 Å². The van der Waals surface area contributed by atoms with E-state index >= 15 is 0 Å². The number of benzene rings is 2. The summed E-state index contributed by atoms with van der Waals surface area (Å²) in [6, 6.07) is 7.40. The number of anilines is 1. The summed E-state index contributed by atoms with van der Waals surface area (Å²) < 4.78 is 31.3. The zero-order chi connectivity index (χ0) is 11.9. The van der Waals surface area contributed by atoms with E-state index in [1.54, 1.807) is 18.2 Å². The van der Waals surface area contributed by atoms with Crippen molar-refractivity contribution >= 4 is 38.2 Å². The van der Waals surface area contributed by atoms with E-state index in [9.17, 15) is 8.42 Å². The third-order valence-corrected chi connectivity index (χ3v) is 3.49. The van der Waals surface area contributed by atoms with Crippen LogP contribution in [0.5, 0.6) is 0 Å². The second-order valence-electron chi connectivity index (χ2n) is 3.29. The molecule has 0 atom stereocenters. The molecule has 0 saturated heterocycles. The lowest BCUT2D eigenvalue weighted by atomic mass is 10.1. The summed E-state index contributed by atoms with van der Waals surface area (Å²) >= 11 is 5.93. The third kappa shape index (κ3) is 1.73. The number of nitrogen functional groups attached to an aromatic ring is 1. The second kappa shape index (κ2) is 3.62. The van der Waals surface area contributed by atoms with Crippen LogP contribution >= 0.6 is 11.6 Å². The molecule has 0 bridgehead atoms. The third-order valence-electron chi connectivity index (χ3n) is 2.26. The van der Waals surface area contributed by atoms with Crippen molar-refractivity contribution in [3.63, 3.8) is 0 Å². The summed E-state index contributed by atoms with van der Waals surface area (Å²) in [7, 11) is -4.28. The Morgan fingerprint density at radius 2 is 1.88 bits per heavy atom. The zero-order valence-electron chi connectivity index (χ0n) is 8.01. The summed E-state index contributed by atoms with van der Waals surface area (Å²) in [5.74, 6) is 0. The lowest BCUT2D eigenvalue weighted by Gasteiger charge is -2.07. The van der Waals surface area contributed by atoms with Crippen molar-refractivity contribution in [2.45, 2.75) is 4.90 Å². The molecule has 0 aliphatic heterocycles. The molecule has 0 fully saturated rings. The predicted octanol–water partition coefficient (Wildman–Crippen LogP) is 2.32. The van der Waals surface area contributed by atoms with Crippen LogP contribution in [0.3, 0.4) is 0 Å². The topological polar surface area (TPSA) is 80.4 Å². The highest BCUT2D eigenvalue weighted by molar-refractivity contribution is 7.86. The number of hydrogen-bond acceptors (Lipinski definition) is 3. The molecule has 2 aromatic rings. The molecule has 0 aliphatic carbocycles. The molecule has 2 rings (SSSR count). The van der Waals surface area contributed by atoms with Gasteiger partial charge in [-0.05, 0) is 18.2 Å². The van der Waals surface area contributed by atoms with Crippen molar-refractivity contribution in [3.05, 3.63) is 35.4 Å². The Balaban J connectivity index is 3.02. The van der Waals surface area contributed by atoms with Crippen molar-refractivity contribution in [3.8, 4) is 0 Å². The van der Waals surface area contributed by atoms with Gasteiger partial charge in [-0.1, -0.05) is 23.7 Å². The van der Waals surface area contributed by atoms with Gasteiger partial charge in [0.25, 0.3) is 10.1 Å². The van der Waals surface area contributed by atoms with Crippen LogP contribution in [-0.2, 0) is 10.1 Å². The molecule has 0 saturated carbocycles. The number of nitrogens with two attached hydrogens (primary N) is 1. The smallest absolute Gasteiger partial charge is 0.295 e. The van der Waals surface area contributed by atoms with Gasteiger partial charge in [-0.15, -0.1) is 0 Å². The molecule has 0 aromatic heterocycles. The van der Waals surface area contributed by atoms with Gasteiger partial charge in [0.05, 0.1) is 5.02 Å². The van der Waals surface area contributed by atoms with E-state index in [-0.39, 0.29) is 4.90 Å². The molecule has 0 radical (unpaired) electrons. The maximum atomic E-state index is 11.1. The number of fused-ring (bicyclic) bond motifs is 1. The normalized spacial score (nSPS) is 11.9. The average molecular weight is 258 g/mol. The fraction of sp³-hybridized carbons (Fsp3) is 0. The Labute approximate surface area is 97.4 Å². The van der Waals surface area contributed by atoms with E-state index in [0.29, 0.717) is 21.5 Å². The van der Waals surface area contributed by atoms with Gasteiger partial charge in [0.1, 0.15) is 4.90 Å². The Kier molecular flexibility index (Phi) is 2.53. The van der Waals surface area contributed by atoms with Gasteiger partial charge >= 0.3 is 0 Å². The van der Waals surface area contributed by atoms with Crippen LogP contribution in [0.2, 0.25) is 5.02 Å². The second-order valence-corrected chi connectivity index (χ2v) is 5.09. The van der Waals surface area contributed by atoms with Crippen molar-refractivity contribution in [2.75, 3.05) is 5.73 Å². The largest absolute Gasteiger partial charge is 0.398 e. The molecular weight excluding hydrogens is 250 g/mol. The first kappa shape index (κ1) is 11.2. The minimum Gasteiger partial charge on any atom is -0.398 e. The van der Waals surface area contributed by atoms with Crippen molar-refractivity contribution in [2.24, 2.45) is 0 Å². The van der Waals surface area contributed by atoms with Crippen LogP contribution in [-0.4, -0.2) is 13.0 Å². The van der Waals surface area contributed by atoms with E-state index in [1.165, 1.54) is 12.1 Å². The van der Waals surface area contributed by atoms with E-state index in [4.69, 9.17) is 21.9 Å². The molecule has 0 spiro atoms. The molecule has 4 nitrogen and oxygen atoms in total. The highest BCUT2D eigenvalue weighted by Crippen LogP contribution is 2.32. The van der Waals surface area contributed by atoms with Crippen LogP contribution in [0.4, 0.5) is 5.69 Å². The average Bonchev–Trinajstić information content (AvgIpc) is 2.16. The molecule has 0 aliphatic rings. The number of hydrogen-bond donors (Lipinski definition) is 2. The maximum absolute atomic E-state index is 11.1. The Morgan fingerprint density at radius 1 is 1.19 bits per heavy atom. The summed E-state index contributed by atoms with van der Waals surface area (Å²) in [6.45, 7) is 0. The van der Waals surface area contributed by atoms with Gasteiger partial charge in [0.2, 0.25) is 0 Å². The molecule has 84 valence electrons. The summed E-state index contributed by atoms with van der Waals surface area (Å²) in [4.78, 5) is -0.195. The van der Waals surface area contributed by atoms with Crippen LogP contribution in [0.25, 0.3) is 10.8 Å². The summed E-state index contributed by atoms with van der Waals surface area (Å²) in [5, 5.41) is 1.09. The van der Waals surface area contributed by atoms with Gasteiger partial charge in [-0.3, -0.25) is 4.55 Å². The Bertz CT molecular complexity index is 659. The van der Waals surface area contributed by atoms with Crippen molar-refractivity contribution < 1.29 is 13.0 Å². The van der Waals surface area contributed by atoms with Crippen LogP contribution in [0, 0.1) is 0 Å². The number of rotatable bonds is 1. The first-order valence-electron chi connectivity index (χ1n) is 4.35. The van der Waals surface area contributed by atoms with Gasteiger partial charge < -0.3 is 5.73 Å². The maximum Gasteiger partial charge on any atom is 0.295 e. The van der Waals surface area contributed by atoms with Crippen molar-refractivity contribution in [1.82, 2.24) is 0 Å². The van der Waals surface area contributed by atoms with Gasteiger partial charge in [0.15, 0.2) is 0 Å².